The highest BCUT2D eigenvalue weighted by Crippen LogP contribution is 2.16. The lowest BCUT2D eigenvalue weighted by Crippen LogP contribution is -2.50. The number of rotatable bonds is 7. The van der Waals surface area contributed by atoms with Gasteiger partial charge in [-0.3, -0.25) is 9.59 Å². The fraction of sp³-hybridized carbons (Fsp3) is 0.545. The Kier molecular flexibility index (Phi) is 9.49. The van der Waals surface area contributed by atoms with Crippen LogP contribution < -0.4 is 15.4 Å². The third-order valence-corrected chi connectivity index (χ3v) is 3.60. The third kappa shape index (κ3) is 11.2. The fourth-order valence-electron chi connectivity index (χ4n) is 2.31. The Bertz CT molecular complexity index is 807. The van der Waals surface area contributed by atoms with Crippen LogP contribution in [0.3, 0.4) is 0 Å². The summed E-state index contributed by atoms with van der Waals surface area (Å²) in [6, 6.07) is 5.33. The van der Waals surface area contributed by atoms with Crippen LogP contribution in [0.2, 0.25) is 0 Å². The second-order valence-electron chi connectivity index (χ2n) is 8.91. The van der Waals surface area contributed by atoms with E-state index in [4.69, 9.17) is 14.2 Å². The second kappa shape index (κ2) is 11.4. The summed E-state index contributed by atoms with van der Waals surface area (Å²) >= 11 is 0. The zero-order valence-electron chi connectivity index (χ0n) is 19.6. The Hall–Kier alpha value is -3.30. The maximum Gasteiger partial charge on any atom is 0.514 e. The number of benzene rings is 1. The lowest BCUT2D eigenvalue weighted by atomic mass is 10.1. The van der Waals surface area contributed by atoms with Crippen molar-refractivity contribution in [3.63, 3.8) is 0 Å². The average molecular weight is 453 g/mol. The molecule has 0 aliphatic rings. The maximum atomic E-state index is 12.5. The predicted molar refractivity (Wildman–Crippen MR) is 115 cm³/mol. The largest absolute Gasteiger partial charge is 0.514 e. The van der Waals surface area contributed by atoms with Gasteiger partial charge in [-0.05, 0) is 59.2 Å². The van der Waals surface area contributed by atoms with E-state index in [1.54, 1.807) is 53.7 Å². The molecule has 1 aromatic rings. The van der Waals surface area contributed by atoms with E-state index in [1.165, 1.54) is 19.2 Å². The van der Waals surface area contributed by atoms with E-state index in [0.29, 0.717) is 5.56 Å². The van der Waals surface area contributed by atoms with E-state index in [-0.39, 0.29) is 18.7 Å². The van der Waals surface area contributed by atoms with E-state index in [9.17, 15) is 19.2 Å². The number of carbonyl (C=O) groups is 4. The van der Waals surface area contributed by atoms with E-state index >= 15 is 0 Å². The van der Waals surface area contributed by atoms with Gasteiger partial charge in [0.15, 0.2) is 0 Å². The normalized spacial score (nSPS) is 12.2. The predicted octanol–water partition coefficient (Wildman–Crippen LogP) is 2.73. The van der Waals surface area contributed by atoms with Crippen molar-refractivity contribution >= 4 is 24.1 Å². The summed E-state index contributed by atoms with van der Waals surface area (Å²) in [4.78, 5) is 47.8. The lowest BCUT2D eigenvalue weighted by Gasteiger charge is -2.23. The van der Waals surface area contributed by atoms with Crippen LogP contribution in [0.25, 0.3) is 0 Å². The smallest absolute Gasteiger partial charge is 0.468 e. The Labute approximate surface area is 187 Å². The van der Waals surface area contributed by atoms with Gasteiger partial charge >= 0.3 is 18.2 Å². The van der Waals surface area contributed by atoms with Crippen LogP contribution in [0.1, 0.15) is 47.1 Å². The average Bonchev–Trinajstić information content (AvgIpc) is 2.63. The summed E-state index contributed by atoms with van der Waals surface area (Å²) in [6.45, 7) is 9.92. The molecule has 1 unspecified atom stereocenters. The zero-order chi connectivity index (χ0) is 24.5. The first-order chi connectivity index (χ1) is 14.7. The van der Waals surface area contributed by atoms with Gasteiger partial charge in [0.05, 0.1) is 7.11 Å². The molecule has 2 N–H and O–H groups in total. The zero-order valence-corrected chi connectivity index (χ0v) is 19.6. The molecule has 0 aromatic heterocycles. The summed E-state index contributed by atoms with van der Waals surface area (Å²) in [5.41, 5.74) is -0.775. The van der Waals surface area contributed by atoms with E-state index in [0.717, 1.165) is 0 Å². The summed E-state index contributed by atoms with van der Waals surface area (Å²) in [5.74, 6) is -0.955. The first-order valence-electron chi connectivity index (χ1n) is 10.0. The number of amides is 2. The number of methoxy groups -OCH3 is 1. The van der Waals surface area contributed by atoms with E-state index in [1.807, 2.05) is 0 Å². The van der Waals surface area contributed by atoms with Crippen molar-refractivity contribution in [2.45, 2.75) is 65.2 Å². The number of alkyl carbamates (subject to hydrolysis) is 1. The quantitative estimate of drug-likeness (QED) is 0.367. The molecule has 0 heterocycles. The number of hydrogen-bond acceptors (Lipinski definition) is 8. The summed E-state index contributed by atoms with van der Waals surface area (Å²) in [6.07, 6.45) is -1.52. The molecule has 10 nitrogen and oxygen atoms in total. The summed E-state index contributed by atoms with van der Waals surface area (Å²) in [7, 11) is 1.20. The first kappa shape index (κ1) is 26.7. The molecule has 2 amide bonds. The number of nitrogens with one attached hydrogen (secondary N) is 2. The molecule has 1 atom stereocenters. The SMILES string of the molecule is COC(=O)CNC(=O)C(Cc1ccc(OC(=O)OC(C)(C)C)cc1)NC(=O)OC(C)(C)C. The van der Waals surface area contributed by atoms with Crippen molar-refractivity contribution in [2.75, 3.05) is 13.7 Å². The molecule has 0 fully saturated rings. The van der Waals surface area contributed by atoms with Crippen LogP contribution in [0.15, 0.2) is 24.3 Å². The molecule has 0 aliphatic heterocycles. The van der Waals surface area contributed by atoms with Crippen molar-refractivity contribution in [1.29, 1.82) is 0 Å². The first-order valence-corrected chi connectivity index (χ1v) is 10.0. The number of ether oxygens (including phenoxy) is 4. The Morgan fingerprint density at radius 3 is 1.97 bits per heavy atom. The topological polar surface area (TPSA) is 129 Å². The highest BCUT2D eigenvalue weighted by Gasteiger charge is 2.25. The van der Waals surface area contributed by atoms with Crippen molar-refractivity contribution in [1.82, 2.24) is 10.6 Å². The molecule has 0 bridgehead atoms. The molecule has 0 saturated carbocycles. The number of esters is 1. The summed E-state index contributed by atoms with van der Waals surface area (Å²) in [5, 5.41) is 4.92. The molecule has 0 saturated heterocycles. The molecule has 0 spiro atoms. The molecular weight excluding hydrogens is 420 g/mol. The van der Waals surface area contributed by atoms with Gasteiger partial charge in [-0.1, -0.05) is 12.1 Å². The molecule has 1 aromatic carbocycles. The van der Waals surface area contributed by atoms with Crippen LogP contribution in [0.4, 0.5) is 9.59 Å². The highest BCUT2D eigenvalue weighted by atomic mass is 16.7. The number of hydrogen-bond donors (Lipinski definition) is 2. The Balaban J connectivity index is 2.86. The third-order valence-electron chi connectivity index (χ3n) is 3.60. The minimum atomic E-state index is -1.02. The van der Waals surface area contributed by atoms with Gasteiger partial charge in [0, 0.05) is 6.42 Å². The van der Waals surface area contributed by atoms with E-state index in [2.05, 4.69) is 15.4 Å². The van der Waals surface area contributed by atoms with Crippen LogP contribution in [0, 0.1) is 0 Å². The van der Waals surface area contributed by atoms with Gasteiger partial charge in [0.1, 0.15) is 29.5 Å². The van der Waals surface area contributed by atoms with Crippen LogP contribution in [-0.4, -0.2) is 55.0 Å². The van der Waals surface area contributed by atoms with Crippen molar-refractivity contribution < 1.29 is 38.1 Å². The fourth-order valence-corrected chi connectivity index (χ4v) is 2.31. The number of carbonyl (C=O) groups excluding carboxylic acids is 4. The second-order valence-corrected chi connectivity index (χ2v) is 8.91. The Morgan fingerprint density at radius 2 is 1.47 bits per heavy atom. The molecular formula is C22H32N2O8. The van der Waals surface area contributed by atoms with Gasteiger partial charge in [-0.15, -0.1) is 0 Å². The molecule has 1 rings (SSSR count). The van der Waals surface area contributed by atoms with Crippen LogP contribution in [0.5, 0.6) is 5.75 Å². The monoisotopic (exact) mass is 452 g/mol. The maximum absolute atomic E-state index is 12.5. The van der Waals surface area contributed by atoms with Crippen molar-refractivity contribution in [3.05, 3.63) is 29.8 Å². The van der Waals surface area contributed by atoms with Gasteiger partial charge in [0.25, 0.3) is 0 Å². The minimum absolute atomic E-state index is 0.0962. The molecule has 0 radical (unpaired) electrons. The molecule has 32 heavy (non-hydrogen) atoms. The van der Waals surface area contributed by atoms with Gasteiger partial charge in [0.2, 0.25) is 5.91 Å². The van der Waals surface area contributed by atoms with E-state index < -0.39 is 41.4 Å². The van der Waals surface area contributed by atoms with Gasteiger partial charge < -0.3 is 29.6 Å². The minimum Gasteiger partial charge on any atom is -0.468 e. The standard InChI is InChI=1S/C22H32N2O8/c1-21(2,3)31-19(27)24-16(18(26)23-13-17(25)29-7)12-14-8-10-15(11-9-14)30-20(28)32-22(4,5)6/h8-11,16H,12-13H2,1-7H3,(H,23,26)(H,24,27). The van der Waals surface area contributed by atoms with Crippen LogP contribution >= 0.6 is 0 Å². The highest BCUT2D eigenvalue weighted by molar-refractivity contribution is 5.88. The van der Waals surface area contributed by atoms with Crippen molar-refractivity contribution in [2.24, 2.45) is 0 Å². The van der Waals surface area contributed by atoms with Gasteiger partial charge in [-0.25, -0.2) is 9.59 Å². The molecule has 0 aliphatic carbocycles. The Morgan fingerprint density at radius 1 is 0.906 bits per heavy atom. The summed E-state index contributed by atoms with van der Waals surface area (Å²) < 4.78 is 19.9. The van der Waals surface area contributed by atoms with Gasteiger partial charge in [-0.2, -0.15) is 0 Å². The van der Waals surface area contributed by atoms with Crippen molar-refractivity contribution in [3.8, 4) is 5.75 Å². The van der Waals surface area contributed by atoms with Crippen LogP contribution in [-0.2, 0) is 30.2 Å². The molecule has 10 heteroatoms. The molecule has 178 valence electrons. The lowest BCUT2D eigenvalue weighted by molar-refractivity contribution is -0.141.